The number of amides is 1. The van der Waals surface area contributed by atoms with Crippen LogP contribution in [0.25, 0.3) is 22.0 Å². The van der Waals surface area contributed by atoms with E-state index in [2.05, 4.69) is 9.97 Å². The van der Waals surface area contributed by atoms with E-state index in [1.807, 2.05) is 25.1 Å². The van der Waals surface area contributed by atoms with Gasteiger partial charge in [0.1, 0.15) is 0 Å². The molecule has 0 spiro atoms. The summed E-state index contributed by atoms with van der Waals surface area (Å²) in [7, 11) is 1.53. The van der Waals surface area contributed by atoms with Gasteiger partial charge in [-0.25, -0.2) is 15.0 Å². The fourth-order valence-corrected chi connectivity index (χ4v) is 3.37. The molecule has 1 aromatic carbocycles. The predicted octanol–water partition coefficient (Wildman–Crippen LogP) is 2.65. The highest BCUT2D eigenvalue weighted by Gasteiger charge is 2.31. The minimum atomic E-state index is -0.0352. The highest BCUT2D eigenvalue weighted by Crippen LogP contribution is 2.36. The van der Waals surface area contributed by atoms with Crippen molar-refractivity contribution in [3.63, 3.8) is 0 Å². The van der Waals surface area contributed by atoms with Crippen molar-refractivity contribution in [3.8, 4) is 17.1 Å². The summed E-state index contributed by atoms with van der Waals surface area (Å²) < 4.78 is 5.02. The van der Waals surface area contributed by atoms with Gasteiger partial charge in [0.05, 0.1) is 36.1 Å². The molecule has 3 heterocycles. The van der Waals surface area contributed by atoms with E-state index < -0.39 is 0 Å². The molecule has 0 radical (unpaired) electrons. The minimum Gasteiger partial charge on any atom is -0.467 e. The molecule has 2 N–H and O–H groups in total. The van der Waals surface area contributed by atoms with Gasteiger partial charge < -0.3 is 15.4 Å². The standard InChI is InChI=1S/C19H19N5O2/c1-3-7-24-10-14-15(18(24)25)16(20)13-6-4-5-12(17(13)23-14)11-8-21-19(26-2)22-9-11/h4-6,8-9H,3,7,10H2,1-2H3,(H2,20,23). The summed E-state index contributed by atoms with van der Waals surface area (Å²) in [6, 6.07) is 6.05. The van der Waals surface area contributed by atoms with Gasteiger partial charge in [-0.15, -0.1) is 0 Å². The number of benzene rings is 1. The summed E-state index contributed by atoms with van der Waals surface area (Å²) in [5.41, 5.74) is 10.6. The number of nitrogen functional groups attached to an aromatic ring is 1. The predicted molar refractivity (Wildman–Crippen MR) is 98.8 cm³/mol. The van der Waals surface area contributed by atoms with Crippen LogP contribution in [0.3, 0.4) is 0 Å². The fraction of sp³-hybridized carbons (Fsp3) is 0.263. The fourth-order valence-electron chi connectivity index (χ4n) is 3.37. The Morgan fingerprint density at radius 3 is 2.73 bits per heavy atom. The van der Waals surface area contributed by atoms with E-state index in [1.165, 1.54) is 7.11 Å². The monoisotopic (exact) mass is 349 g/mol. The first-order valence-corrected chi connectivity index (χ1v) is 8.50. The van der Waals surface area contributed by atoms with Crippen LogP contribution in [0.4, 0.5) is 5.69 Å². The Balaban J connectivity index is 1.89. The number of carbonyl (C=O) groups excluding carboxylic acids is 1. The van der Waals surface area contributed by atoms with Crippen molar-refractivity contribution in [1.82, 2.24) is 19.9 Å². The van der Waals surface area contributed by atoms with E-state index in [-0.39, 0.29) is 5.91 Å². The molecule has 0 fully saturated rings. The second-order valence-corrected chi connectivity index (χ2v) is 6.23. The van der Waals surface area contributed by atoms with Crippen LogP contribution in [-0.2, 0) is 6.54 Å². The lowest BCUT2D eigenvalue weighted by atomic mass is 10.0. The Hall–Kier alpha value is -3.22. The summed E-state index contributed by atoms with van der Waals surface area (Å²) in [6.07, 6.45) is 4.29. The number of anilines is 1. The van der Waals surface area contributed by atoms with Crippen LogP contribution in [0.5, 0.6) is 6.01 Å². The van der Waals surface area contributed by atoms with E-state index in [9.17, 15) is 4.79 Å². The molecule has 26 heavy (non-hydrogen) atoms. The van der Waals surface area contributed by atoms with Crippen molar-refractivity contribution in [1.29, 1.82) is 0 Å². The average Bonchev–Trinajstić information content (AvgIpc) is 2.98. The number of nitrogens with zero attached hydrogens (tertiary/aromatic N) is 4. The van der Waals surface area contributed by atoms with Gasteiger partial charge in [-0.1, -0.05) is 25.1 Å². The number of hydrogen-bond acceptors (Lipinski definition) is 6. The molecule has 0 aliphatic carbocycles. The summed E-state index contributed by atoms with van der Waals surface area (Å²) in [6.45, 7) is 3.24. The minimum absolute atomic E-state index is 0.0352. The Kier molecular flexibility index (Phi) is 3.91. The third kappa shape index (κ3) is 2.44. The maximum absolute atomic E-state index is 12.6. The molecule has 1 aliphatic rings. The summed E-state index contributed by atoms with van der Waals surface area (Å²) in [5.74, 6) is -0.0352. The van der Waals surface area contributed by atoms with E-state index in [1.54, 1.807) is 17.3 Å². The number of pyridine rings is 1. The molecule has 3 aromatic rings. The molecule has 0 atom stereocenters. The molecule has 2 aromatic heterocycles. The number of methoxy groups -OCH3 is 1. The van der Waals surface area contributed by atoms with Gasteiger partial charge in [0.15, 0.2) is 0 Å². The first-order chi connectivity index (χ1) is 12.6. The zero-order valence-electron chi connectivity index (χ0n) is 14.7. The number of carbonyl (C=O) groups is 1. The molecule has 132 valence electrons. The molecule has 0 saturated carbocycles. The van der Waals surface area contributed by atoms with Crippen LogP contribution in [0.2, 0.25) is 0 Å². The van der Waals surface area contributed by atoms with Gasteiger partial charge in [-0.2, -0.15) is 0 Å². The number of hydrogen-bond donors (Lipinski definition) is 1. The van der Waals surface area contributed by atoms with Crippen molar-refractivity contribution >= 4 is 22.5 Å². The van der Waals surface area contributed by atoms with Gasteiger partial charge in [0.25, 0.3) is 5.91 Å². The Labute approximate surface area is 150 Å². The van der Waals surface area contributed by atoms with Crippen molar-refractivity contribution in [2.24, 2.45) is 0 Å². The zero-order chi connectivity index (χ0) is 18.3. The number of aromatic nitrogens is 3. The maximum Gasteiger partial charge on any atom is 0.316 e. The van der Waals surface area contributed by atoms with Gasteiger partial charge in [-0.3, -0.25) is 4.79 Å². The smallest absolute Gasteiger partial charge is 0.316 e. The van der Waals surface area contributed by atoms with Crippen LogP contribution in [0, 0.1) is 0 Å². The second-order valence-electron chi connectivity index (χ2n) is 6.23. The molecule has 7 heteroatoms. The van der Waals surface area contributed by atoms with Crippen molar-refractivity contribution < 1.29 is 9.53 Å². The third-order valence-electron chi connectivity index (χ3n) is 4.59. The Morgan fingerprint density at radius 2 is 2.04 bits per heavy atom. The van der Waals surface area contributed by atoms with E-state index in [0.29, 0.717) is 30.4 Å². The van der Waals surface area contributed by atoms with E-state index >= 15 is 0 Å². The van der Waals surface area contributed by atoms with Crippen molar-refractivity contribution in [2.45, 2.75) is 19.9 Å². The quantitative estimate of drug-likeness (QED) is 0.778. The first-order valence-electron chi connectivity index (χ1n) is 8.50. The van der Waals surface area contributed by atoms with Gasteiger partial charge >= 0.3 is 6.01 Å². The molecule has 1 aliphatic heterocycles. The highest BCUT2D eigenvalue weighted by atomic mass is 16.5. The molecular formula is C19H19N5O2. The Bertz CT molecular complexity index is 1000. The summed E-state index contributed by atoms with van der Waals surface area (Å²) in [5, 5.41) is 0.767. The lowest BCUT2D eigenvalue weighted by Gasteiger charge is -2.13. The lowest BCUT2D eigenvalue weighted by Crippen LogP contribution is -2.24. The largest absolute Gasteiger partial charge is 0.467 e. The number of ether oxygens (including phenoxy) is 1. The first kappa shape index (κ1) is 16.3. The molecule has 1 amide bonds. The van der Waals surface area contributed by atoms with Gasteiger partial charge in [-0.05, 0) is 6.42 Å². The topological polar surface area (TPSA) is 94.2 Å². The van der Waals surface area contributed by atoms with Crippen LogP contribution in [-0.4, -0.2) is 39.4 Å². The molecule has 7 nitrogen and oxygen atoms in total. The normalized spacial score (nSPS) is 13.3. The molecule has 4 rings (SSSR count). The average molecular weight is 349 g/mol. The van der Waals surface area contributed by atoms with Gasteiger partial charge in [0, 0.05) is 35.5 Å². The van der Waals surface area contributed by atoms with Crippen molar-refractivity contribution in [2.75, 3.05) is 19.4 Å². The summed E-state index contributed by atoms with van der Waals surface area (Å²) in [4.78, 5) is 27.6. The Morgan fingerprint density at radius 1 is 1.27 bits per heavy atom. The molecule has 0 saturated heterocycles. The lowest BCUT2D eigenvalue weighted by molar-refractivity contribution is 0.0779. The number of fused-ring (bicyclic) bond motifs is 2. The van der Waals surface area contributed by atoms with Crippen LogP contribution in [0.15, 0.2) is 30.6 Å². The summed E-state index contributed by atoms with van der Waals surface area (Å²) >= 11 is 0. The third-order valence-corrected chi connectivity index (χ3v) is 4.59. The van der Waals surface area contributed by atoms with Gasteiger partial charge in [0.2, 0.25) is 0 Å². The van der Waals surface area contributed by atoms with Crippen LogP contribution >= 0.6 is 0 Å². The van der Waals surface area contributed by atoms with Crippen molar-refractivity contribution in [3.05, 3.63) is 41.9 Å². The van der Waals surface area contributed by atoms with E-state index in [0.717, 1.165) is 34.1 Å². The number of para-hydroxylation sites is 1. The molecule has 0 unspecified atom stereocenters. The highest BCUT2D eigenvalue weighted by molar-refractivity contribution is 6.11. The zero-order valence-corrected chi connectivity index (χ0v) is 14.7. The molecule has 0 bridgehead atoms. The van der Waals surface area contributed by atoms with Crippen LogP contribution < -0.4 is 10.5 Å². The number of nitrogens with two attached hydrogens (primary N) is 1. The van der Waals surface area contributed by atoms with Crippen LogP contribution in [0.1, 0.15) is 29.4 Å². The van der Waals surface area contributed by atoms with E-state index in [4.69, 9.17) is 15.5 Å². The SMILES string of the molecule is CCCN1Cc2nc3c(-c4cnc(OC)nc4)cccc3c(N)c2C1=O. The maximum atomic E-state index is 12.6. The molecular weight excluding hydrogens is 330 g/mol. The number of rotatable bonds is 4. The second kappa shape index (κ2) is 6.25.